The summed E-state index contributed by atoms with van der Waals surface area (Å²) in [7, 11) is 0. The number of amides is 2. The van der Waals surface area contributed by atoms with E-state index in [2.05, 4.69) is 33.4 Å². The number of unbranched alkanes of at least 4 members (excludes halogenated alkanes) is 2. The van der Waals surface area contributed by atoms with Gasteiger partial charge in [0, 0.05) is 50.1 Å². The molecule has 1 saturated heterocycles. The lowest BCUT2D eigenvalue weighted by molar-refractivity contribution is -0.131. The molecule has 1 aliphatic heterocycles. The van der Waals surface area contributed by atoms with E-state index in [9.17, 15) is 9.59 Å². The molecule has 2 N–H and O–H groups in total. The molecule has 2 amide bonds. The number of rotatable bonds is 8. The smallest absolute Gasteiger partial charge is 0.248 e. The second-order valence-electron chi connectivity index (χ2n) is 8.92. The molecule has 0 saturated carbocycles. The van der Waals surface area contributed by atoms with Crippen molar-refractivity contribution in [1.29, 1.82) is 0 Å². The van der Waals surface area contributed by atoms with Crippen LogP contribution in [0.15, 0.2) is 54.6 Å². The Morgan fingerprint density at radius 3 is 2.54 bits per heavy atom. The monoisotopic (exact) mass is 471 g/mol. The van der Waals surface area contributed by atoms with Crippen LogP contribution in [0.4, 0.5) is 5.82 Å². The molecular weight excluding hydrogens is 442 g/mol. The predicted molar refractivity (Wildman–Crippen MR) is 135 cm³/mol. The summed E-state index contributed by atoms with van der Waals surface area (Å²) in [6.07, 6.45) is 3.19. The molecule has 35 heavy (non-hydrogen) atoms. The first-order valence-corrected chi connectivity index (χ1v) is 12.1. The quantitative estimate of drug-likeness (QED) is 0.396. The zero-order valence-electron chi connectivity index (χ0n) is 19.6. The van der Waals surface area contributed by atoms with E-state index in [0.29, 0.717) is 18.5 Å². The fourth-order valence-corrected chi connectivity index (χ4v) is 4.57. The molecule has 0 bridgehead atoms. The second kappa shape index (κ2) is 10.1. The zero-order valence-corrected chi connectivity index (χ0v) is 19.6. The molecule has 9 nitrogen and oxygen atoms in total. The number of nitrogens with two attached hydrogens (primary N) is 1. The Bertz CT molecular complexity index is 1360. The molecule has 4 aromatic rings. The number of aromatic nitrogens is 4. The summed E-state index contributed by atoms with van der Waals surface area (Å²) in [5.41, 5.74) is 8.36. The van der Waals surface area contributed by atoms with E-state index < -0.39 is 5.91 Å². The summed E-state index contributed by atoms with van der Waals surface area (Å²) in [6, 6.07) is 17.4. The highest BCUT2D eigenvalue weighted by Crippen LogP contribution is 2.20. The highest BCUT2D eigenvalue weighted by atomic mass is 16.2. The molecule has 0 atom stereocenters. The summed E-state index contributed by atoms with van der Waals surface area (Å²) >= 11 is 0. The zero-order chi connectivity index (χ0) is 24.2. The van der Waals surface area contributed by atoms with Crippen molar-refractivity contribution in [2.75, 3.05) is 31.1 Å². The Labute approximate surface area is 203 Å². The van der Waals surface area contributed by atoms with Gasteiger partial charge in [0.1, 0.15) is 11.3 Å². The molecule has 2 aromatic carbocycles. The number of aryl methyl sites for hydroxylation is 1. The molecular formula is C26H29N7O2. The molecule has 0 unspecified atom stereocenters. The fraction of sp³-hybridized carbons (Fsp3) is 0.346. The molecule has 0 radical (unpaired) electrons. The summed E-state index contributed by atoms with van der Waals surface area (Å²) in [5.74, 6) is 0.723. The number of nitrogens with zero attached hydrogens (tertiary/aromatic N) is 6. The van der Waals surface area contributed by atoms with Gasteiger partial charge in [0.15, 0.2) is 0 Å². The SMILES string of the molecule is NC(=O)c1ccc2nnn(CCCCCC(=O)N3CCN(c4ccc5ccccc5n4)CC3)c2c1. The van der Waals surface area contributed by atoms with Crippen LogP contribution in [0.1, 0.15) is 36.0 Å². The van der Waals surface area contributed by atoms with Crippen LogP contribution < -0.4 is 10.6 Å². The van der Waals surface area contributed by atoms with Crippen molar-refractivity contribution >= 4 is 39.6 Å². The van der Waals surface area contributed by atoms with E-state index in [-0.39, 0.29) is 5.91 Å². The minimum atomic E-state index is -0.465. The maximum absolute atomic E-state index is 12.7. The van der Waals surface area contributed by atoms with Crippen LogP contribution in [0, 0.1) is 0 Å². The highest BCUT2D eigenvalue weighted by Gasteiger charge is 2.21. The van der Waals surface area contributed by atoms with Gasteiger partial charge in [-0.3, -0.25) is 9.59 Å². The van der Waals surface area contributed by atoms with Crippen molar-refractivity contribution in [2.45, 2.75) is 32.2 Å². The third-order valence-corrected chi connectivity index (χ3v) is 6.60. The Balaban J connectivity index is 1.06. The average Bonchev–Trinajstić information content (AvgIpc) is 3.30. The van der Waals surface area contributed by atoms with E-state index >= 15 is 0 Å². The van der Waals surface area contributed by atoms with Gasteiger partial charge < -0.3 is 15.5 Å². The minimum Gasteiger partial charge on any atom is -0.366 e. The predicted octanol–water partition coefficient (Wildman–Crippen LogP) is 2.99. The van der Waals surface area contributed by atoms with Crippen molar-refractivity contribution in [3.8, 4) is 0 Å². The standard InChI is InChI=1S/C26H29N7O2/c27-26(35)20-9-11-22-23(18-20)33(30-29-22)13-5-1-2-8-25(34)32-16-14-31(15-17-32)24-12-10-19-6-3-4-7-21(19)28-24/h3-4,6-7,9-12,18H,1-2,5,8,13-17H2,(H2,27,35). The highest BCUT2D eigenvalue weighted by molar-refractivity contribution is 5.96. The molecule has 2 aromatic heterocycles. The van der Waals surface area contributed by atoms with Crippen LogP contribution in [0.5, 0.6) is 0 Å². The normalized spacial score (nSPS) is 14.1. The van der Waals surface area contributed by atoms with Gasteiger partial charge in [-0.05, 0) is 49.2 Å². The molecule has 3 heterocycles. The number of carbonyl (C=O) groups is 2. The lowest BCUT2D eigenvalue weighted by Gasteiger charge is -2.35. The van der Waals surface area contributed by atoms with Gasteiger partial charge in [0.2, 0.25) is 11.8 Å². The van der Waals surface area contributed by atoms with E-state index in [4.69, 9.17) is 10.7 Å². The van der Waals surface area contributed by atoms with E-state index in [1.165, 1.54) is 0 Å². The molecule has 0 spiro atoms. The summed E-state index contributed by atoms with van der Waals surface area (Å²) in [4.78, 5) is 33.1. The topological polar surface area (TPSA) is 110 Å². The van der Waals surface area contributed by atoms with Crippen LogP contribution in [0.25, 0.3) is 21.9 Å². The molecule has 1 aliphatic rings. The summed E-state index contributed by atoms with van der Waals surface area (Å²) in [6.45, 7) is 3.72. The number of hydrogen-bond donors (Lipinski definition) is 1. The minimum absolute atomic E-state index is 0.216. The van der Waals surface area contributed by atoms with E-state index in [0.717, 1.165) is 73.2 Å². The average molecular weight is 472 g/mol. The number of pyridine rings is 1. The van der Waals surface area contributed by atoms with Crippen molar-refractivity contribution in [1.82, 2.24) is 24.9 Å². The number of fused-ring (bicyclic) bond motifs is 2. The number of carbonyl (C=O) groups excluding carboxylic acids is 2. The van der Waals surface area contributed by atoms with Crippen molar-refractivity contribution < 1.29 is 9.59 Å². The van der Waals surface area contributed by atoms with Gasteiger partial charge in [0.05, 0.1) is 11.0 Å². The van der Waals surface area contributed by atoms with Crippen LogP contribution in [-0.2, 0) is 11.3 Å². The molecule has 5 rings (SSSR count). The van der Waals surface area contributed by atoms with Crippen LogP contribution in [0.3, 0.4) is 0 Å². The Kier molecular flexibility index (Phi) is 6.56. The maximum Gasteiger partial charge on any atom is 0.248 e. The van der Waals surface area contributed by atoms with Gasteiger partial charge in [-0.1, -0.05) is 29.8 Å². The first-order chi connectivity index (χ1) is 17.1. The van der Waals surface area contributed by atoms with Gasteiger partial charge in [-0.2, -0.15) is 0 Å². The summed E-state index contributed by atoms with van der Waals surface area (Å²) < 4.78 is 1.80. The van der Waals surface area contributed by atoms with Gasteiger partial charge in [-0.25, -0.2) is 9.67 Å². The van der Waals surface area contributed by atoms with Gasteiger partial charge in [-0.15, -0.1) is 5.10 Å². The third kappa shape index (κ3) is 5.08. The number of benzene rings is 2. The number of anilines is 1. The fourth-order valence-electron chi connectivity index (χ4n) is 4.57. The number of primary amides is 1. The maximum atomic E-state index is 12.7. The molecule has 9 heteroatoms. The second-order valence-corrected chi connectivity index (χ2v) is 8.92. The Morgan fingerprint density at radius 1 is 0.886 bits per heavy atom. The van der Waals surface area contributed by atoms with Crippen molar-refractivity contribution in [2.24, 2.45) is 5.73 Å². The van der Waals surface area contributed by atoms with E-state index in [1.54, 1.807) is 22.9 Å². The molecule has 1 fully saturated rings. The molecule has 0 aliphatic carbocycles. The largest absolute Gasteiger partial charge is 0.366 e. The number of para-hydroxylation sites is 1. The lowest BCUT2D eigenvalue weighted by atomic mass is 10.1. The van der Waals surface area contributed by atoms with Crippen molar-refractivity contribution in [3.05, 3.63) is 60.2 Å². The number of hydrogen-bond acceptors (Lipinski definition) is 6. The number of piperazine rings is 1. The van der Waals surface area contributed by atoms with Gasteiger partial charge in [0.25, 0.3) is 0 Å². The third-order valence-electron chi connectivity index (χ3n) is 6.60. The lowest BCUT2D eigenvalue weighted by Crippen LogP contribution is -2.49. The Morgan fingerprint density at radius 2 is 1.71 bits per heavy atom. The van der Waals surface area contributed by atoms with Gasteiger partial charge >= 0.3 is 0 Å². The van der Waals surface area contributed by atoms with E-state index in [1.807, 2.05) is 23.1 Å². The Hall–Kier alpha value is -4.01. The summed E-state index contributed by atoms with van der Waals surface area (Å²) in [5, 5.41) is 9.46. The van der Waals surface area contributed by atoms with Crippen LogP contribution >= 0.6 is 0 Å². The van der Waals surface area contributed by atoms with Crippen LogP contribution in [-0.4, -0.2) is 62.9 Å². The first-order valence-electron chi connectivity index (χ1n) is 12.1. The molecule has 180 valence electrons. The van der Waals surface area contributed by atoms with Crippen molar-refractivity contribution in [3.63, 3.8) is 0 Å². The first kappa shape index (κ1) is 22.8. The van der Waals surface area contributed by atoms with Crippen LogP contribution in [0.2, 0.25) is 0 Å².